The maximum Gasteiger partial charge on any atom is 0.271 e. The molecule has 1 N–H and O–H groups in total. The molecule has 66 valence electrons. The first-order valence-corrected chi connectivity index (χ1v) is 3.94. The minimum absolute atomic E-state index is 0.101. The van der Waals surface area contributed by atoms with Crippen molar-refractivity contribution in [1.82, 2.24) is 14.4 Å². The highest BCUT2D eigenvalue weighted by Gasteiger charge is 2.10. The molecule has 0 aliphatic rings. The molecule has 0 saturated carbocycles. The first-order chi connectivity index (χ1) is 5.61. The second-order valence-electron chi connectivity index (χ2n) is 2.72. The van der Waals surface area contributed by atoms with Crippen molar-refractivity contribution in [2.24, 2.45) is 0 Å². The van der Waals surface area contributed by atoms with E-state index < -0.39 is 0 Å². The number of rotatable bonds is 2. The Morgan fingerprint density at radius 1 is 1.75 bits per heavy atom. The zero-order valence-electron chi connectivity index (χ0n) is 6.91. The first-order valence-electron chi connectivity index (χ1n) is 3.60. The van der Waals surface area contributed by atoms with E-state index in [2.05, 4.69) is 10.3 Å². The fraction of sp³-hybridized carbons (Fsp3) is 0.429. The second-order valence-corrected chi connectivity index (χ2v) is 3.08. The van der Waals surface area contributed by atoms with Gasteiger partial charge in [0.25, 0.3) is 5.91 Å². The summed E-state index contributed by atoms with van der Waals surface area (Å²) in [6.45, 7) is 3.76. The lowest BCUT2D eigenvalue weighted by molar-refractivity contribution is 0.0937. The van der Waals surface area contributed by atoms with Crippen LogP contribution in [0.25, 0.3) is 0 Å². The number of hydrogen-bond acceptors (Lipinski definition) is 2. The van der Waals surface area contributed by atoms with Crippen LogP contribution >= 0.6 is 11.8 Å². The lowest BCUT2D eigenvalue weighted by Crippen LogP contribution is -2.30. The Morgan fingerprint density at radius 2 is 2.42 bits per heavy atom. The molecule has 0 aliphatic carbocycles. The van der Waals surface area contributed by atoms with E-state index in [4.69, 9.17) is 11.8 Å². The van der Waals surface area contributed by atoms with E-state index in [0.717, 1.165) is 4.09 Å². The van der Waals surface area contributed by atoms with Crippen LogP contribution in [0.15, 0.2) is 12.5 Å². The molecule has 0 saturated heterocycles. The predicted octanol–water partition coefficient (Wildman–Crippen LogP) is 1.02. The number of amides is 1. The summed E-state index contributed by atoms with van der Waals surface area (Å²) in [6, 6.07) is 0.101. The normalized spacial score (nSPS) is 10.3. The van der Waals surface area contributed by atoms with Crippen LogP contribution in [0.5, 0.6) is 0 Å². The van der Waals surface area contributed by atoms with Crippen molar-refractivity contribution in [3.8, 4) is 0 Å². The van der Waals surface area contributed by atoms with Gasteiger partial charge in [0.2, 0.25) is 0 Å². The molecule has 1 rings (SSSR count). The molecule has 0 aromatic carbocycles. The number of hydrogen-bond donors (Lipinski definition) is 1. The molecule has 1 heterocycles. The third kappa shape index (κ3) is 1.98. The van der Waals surface area contributed by atoms with Crippen LogP contribution in [0.3, 0.4) is 0 Å². The minimum atomic E-state index is -0.211. The fourth-order valence-electron chi connectivity index (χ4n) is 0.772. The molecular formula is C7H10ClN3O. The first kappa shape index (κ1) is 9.06. The summed E-state index contributed by atoms with van der Waals surface area (Å²) in [5.41, 5.74) is 0.352. The fourth-order valence-corrected chi connectivity index (χ4v) is 0.942. The average molecular weight is 188 g/mol. The topological polar surface area (TPSA) is 46.9 Å². The molecule has 5 heteroatoms. The highest BCUT2D eigenvalue weighted by atomic mass is 35.5. The summed E-state index contributed by atoms with van der Waals surface area (Å²) in [7, 11) is 0. The molecular weight excluding hydrogens is 178 g/mol. The van der Waals surface area contributed by atoms with Crippen molar-refractivity contribution in [1.29, 1.82) is 0 Å². The number of carbonyl (C=O) groups excluding carboxylic acids is 1. The molecule has 0 atom stereocenters. The van der Waals surface area contributed by atoms with Crippen molar-refractivity contribution in [2.45, 2.75) is 19.9 Å². The summed E-state index contributed by atoms with van der Waals surface area (Å²) in [5, 5.41) is 2.70. The number of imidazole rings is 1. The Labute approximate surface area is 75.7 Å². The molecule has 1 amide bonds. The third-order valence-corrected chi connectivity index (χ3v) is 1.52. The van der Waals surface area contributed by atoms with Crippen molar-refractivity contribution in [2.75, 3.05) is 0 Å². The number of nitrogens with one attached hydrogen (secondary N) is 1. The van der Waals surface area contributed by atoms with Crippen molar-refractivity contribution >= 4 is 17.7 Å². The van der Waals surface area contributed by atoms with Gasteiger partial charge in [-0.2, -0.15) is 0 Å². The summed E-state index contributed by atoms with van der Waals surface area (Å²) >= 11 is 5.61. The molecule has 0 bridgehead atoms. The standard InChI is InChI=1S/C7H10ClN3O/c1-5(2)10-7(12)6-3-9-4-11(6)8/h3-5H,1-2H3,(H,10,12). The van der Waals surface area contributed by atoms with Crippen LogP contribution in [0.2, 0.25) is 0 Å². The van der Waals surface area contributed by atoms with Gasteiger partial charge >= 0.3 is 0 Å². The largest absolute Gasteiger partial charge is 0.348 e. The van der Waals surface area contributed by atoms with E-state index in [-0.39, 0.29) is 11.9 Å². The highest BCUT2D eigenvalue weighted by molar-refractivity contribution is 6.17. The van der Waals surface area contributed by atoms with E-state index in [1.807, 2.05) is 13.8 Å². The minimum Gasteiger partial charge on any atom is -0.348 e. The number of halogens is 1. The molecule has 0 spiro atoms. The van der Waals surface area contributed by atoms with Crippen molar-refractivity contribution < 1.29 is 4.79 Å². The van der Waals surface area contributed by atoms with Crippen LogP contribution in [0, 0.1) is 0 Å². The molecule has 4 nitrogen and oxygen atoms in total. The van der Waals surface area contributed by atoms with Gasteiger partial charge in [-0.3, -0.25) is 4.79 Å². The van der Waals surface area contributed by atoms with E-state index >= 15 is 0 Å². The summed E-state index contributed by atoms with van der Waals surface area (Å²) in [5.74, 6) is -0.211. The Balaban J connectivity index is 2.72. The van der Waals surface area contributed by atoms with Gasteiger partial charge in [-0.25, -0.2) is 9.07 Å². The van der Waals surface area contributed by atoms with Crippen molar-refractivity contribution in [3.63, 3.8) is 0 Å². The molecule has 1 aromatic heterocycles. The zero-order valence-corrected chi connectivity index (χ0v) is 7.67. The van der Waals surface area contributed by atoms with Crippen molar-refractivity contribution in [3.05, 3.63) is 18.2 Å². The second kappa shape index (κ2) is 3.58. The van der Waals surface area contributed by atoms with Crippen LogP contribution in [-0.4, -0.2) is 21.0 Å². The number of aromatic nitrogens is 2. The van der Waals surface area contributed by atoms with Crippen LogP contribution in [0.4, 0.5) is 0 Å². The zero-order chi connectivity index (χ0) is 9.14. The Hall–Kier alpha value is -1.03. The third-order valence-electron chi connectivity index (χ3n) is 1.25. The quantitative estimate of drug-likeness (QED) is 0.752. The lowest BCUT2D eigenvalue weighted by Gasteiger charge is -2.06. The van der Waals surface area contributed by atoms with Crippen LogP contribution in [-0.2, 0) is 0 Å². The molecule has 12 heavy (non-hydrogen) atoms. The SMILES string of the molecule is CC(C)NC(=O)c1cncn1Cl. The highest BCUT2D eigenvalue weighted by Crippen LogP contribution is 2.00. The Morgan fingerprint density at radius 3 is 2.83 bits per heavy atom. The van der Waals surface area contributed by atoms with Crippen LogP contribution in [0.1, 0.15) is 24.3 Å². The summed E-state index contributed by atoms with van der Waals surface area (Å²) in [4.78, 5) is 15.0. The van der Waals surface area contributed by atoms with E-state index in [1.165, 1.54) is 12.5 Å². The number of nitrogens with zero attached hydrogens (tertiary/aromatic N) is 2. The van der Waals surface area contributed by atoms with Gasteiger partial charge in [0.1, 0.15) is 12.0 Å². The maximum atomic E-state index is 11.3. The van der Waals surface area contributed by atoms with Gasteiger partial charge in [0.15, 0.2) is 0 Å². The molecule has 0 aliphatic heterocycles. The van der Waals surface area contributed by atoms with Gasteiger partial charge in [0.05, 0.1) is 6.20 Å². The summed E-state index contributed by atoms with van der Waals surface area (Å²) in [6.07, 6.45) is 2.79. The van der Waals surface area contributed by atoms with Gasteiger partial charge in [0, 0.05) is 17.8 Å². The molecule has 1 aromatic rings. The predicted molar refractivity (Wildman–Crippen MR) is 46.1 cm³/mol. The molecule has 0 unspecified atom stereocenters. The van der Waals surface area contributed by atoms with Gasteiger partial charge < -0.3 is 5.32 Å². The maximum absolute atomic E-state index is 11.3. The lowest BCUT2D eigenvalue weighted by atomic mass is 10.3. The Kier molecular flexibility index (Phi) is 2.70. The van der Waals surface area contributed by atoms with E-state index in [9.17, 15) is 4.79 Å². The van der Waals surface area contributed by atoms with E-state index in [1.54, 1.807) is 0 Å². The Bertz CT molecular complexity index is 282. The van der Waals surface area contributed by atoms with E-state index in [0.29, 0.717) is 5.69 Å². The summed E-state index contributed by atoms with van der Waals surface area (Å²) < 4.78 is 1.16. The average Bonchev–Trinajstić information content (AvgIpc) is 2.33. The number of carbonyl (C=O) groups is 1. The van der Waals surface area contributed by atoms with Gasteiger partial charge in [-0.15, -0.1) is 0 Å². The smallest absolute Gasteiger partial charge is 0.271 e. The van der Waals surface area contributed by atoms with Crippen LogP contribution < -0.4 is 5.32 Å². The monoisotopic (exact) mass is 187 g/mol. The van der Waals surface area contributed by atoms with Gasteiger partial charge in [-0.1, -0.05) is 0 Å². The van der Waals surface area contributed by atoms with Gasteiger partial charge in [-0.05, 0) is 13.8 Å². The molecule has 0 fully saturated rings. The molecule has 0 radical (unpaired) electrons.